The lowest BCUT2D eigenvalue weighted by molar-refractivity contribution is 0.317. The number of benzene rings is 2. The minimum atomic E-state index is 0.254. The van der Waals surface area contributed by atoms with Crippen molar-refractivity contribution in [2.45, 2.75) is 12.3 Å². The van der Waals surface area contributed by atoms with Crippen LogP contribution >= 0.6 is 11.6 Å². The highest BCUT2D eigenvalue weighted by molar-refractivity contribution is 6.30. The maximum Gasteiger partial charge on any atom is 0.118 e. The van der Waals surface area contributed by atoms with Gasteiger partial charge in [-0.3, -0.25) is 0 Å². The summed E-state index contributed by atoms with van der Waals surface area (Å²) in [6.45, 7) is 0. The summed E-state index contributed by atoms with van der Waals surface area (Å²) in [6, 6.07) is 15.5. The fourth-order valence-electron chi connectivity index (χ4n) is 2.68. The van der Waals surface area contributed by atoms with Crippen molar-refractivity contribution in [2.75, 3.05) is 7.11 Å². The van der Waals surface area contributed by atoms with Crippen LogP contribution in [0.5, 0.6) is 5.75 Å². The number of nitrogens with zero attached hydrogens (tertiary/aromatic N) is 1. The van der Waals surface area contributed by atoms with Crippen LogP contribution in [0.25, 0.3) is 0 Å². The van der Waals surface area contributed by atoms with Crippen molar-refractivity contribution in [3.63, 3.8) is 0 Å². The smallest absolute Gasteiger partial charge is 0.118 e. The van der Waals surface area contributed by atoms with Crippen LogP contribution in [0, 0.1) is 5.92 Å². The van der Waals surface area contributed by atoms with Crippen molar-refractivity contribution in [2.24, 2.45) is 11.1 Å². The first-order chi connectivity index (χ1) is 10.2. The molecule has 2 aromatic carbocycles. The van der Waals surface area contributed by atoms with Crippen molar-refractivity contribution < 1.29 is 9.94 Å². The molecule has 0 aliphatic heterocycles. The third-order valence-corrected chi connectivity index (χ3v) is 4.19. The van der Waals surface area contributed by atoms with Gasteiger partial charge in [0.1, 0.15) is 5.75 Å². The van der Waals surface area contributed by atoms with Crippen molar-refractivity contribution in [1.29, 1.82) is 0 Å². The van der Waals surface area contributed by atoms with E-state index in [1.807, 2.05) is 48.5 Å². The Hall–Kier alpha value is -2.00. The van der Waals surface area contributed by atoms with Crippen LogP contribution in [-0.2, 0) is 0 Å². The second-order valence-corrected chi connectivity index (χ2v) is 5.65. The Balaban J connectivity index is 1.78. The highest BCUT2D eigenvalue weighted by Crippen LogP contribution is 2.49. The molecular weight excluding hydrogens is 286 g/mol. The zero-order valence-corrected chi connectivity index (χ0v) is 12.4. The number of ether oxygens (including phenoxy) is 1. The first-order valence-corrected chi connectivity index (χ1v) is 7.22. The summed E-state index contributed by atoms with van der Waals surface area (Å²) >= 11 is 5.91. The van der Waals surface area contributed by atoms with Gasteiger partial charge < -0.3 is 9.94 Å². The van der Waals surface area contributed by atoms with E-state index < -0.39 is 0 Å². The Morgan fingerprint density at radius 3 is 2.38 bits per heavy atom. The van der Waals surface area contributed by atoms with Gasteiger partial charge >= 0.3 is 0 Å². The number of methoxy groups -OCH3 is 1. The number of halogens is 1. The minimum Gasteiger partial charge on any atom is -0.497 e. The van der Waals surface area contributed by atoms with Gasteiger partial charge in [-0.1, -0.05) is 28.9 Å². The van der Waals surface area contributed by atoms with Crippen molar-refractivity contribution in [3.8, 4) is 5.75 Å². The molecule has 2 aromatic rings. The summed E-state index contributed by atoms with van der Waals surface area (Å²) in [6.07, 6.45) is 0.993. The van der Waals surface area contributed by atoms with Crippen LogP contribution in [0.15, 0.2) is 53.7 Å². The lowest BCUT2D eigenvalue weighted by atomic mass is 10.0. The molecule has 3 nitrogen and oxygen atoms in total. The van der Waals surface area contributed by atoms with Gasteiger partial charge in [-0.2, -0.15) is 0 Å². The molecule has 0 saturated heterocycles. The molecule has 21 heavy (non-hydrogen) atoms. The quantitative estimate of drug-likeness (QED) is 0.519. The van der Waals surface area contributed by atoms with E-state index in [1.54, 1.807) is 7.11 Å². The summed E-state index contributed by atoms with van der Waals surface area (Å²) in [5.74, 6) is 1.45. The van der Waals surface area contributed by atoms with Gasteiger partial charge in [0.15, 0.2) is 0 Å². The molecule has 2 atom stereocenters. The van der Waals surface area contributed by atoms with Crippen LogP contribution in [0.1, 0.15) is 23.5 Å². The maximum atomic E-state index is 9.36. The molecule has 0 amide bonds. The lowest BCUT2D eigenvalue weighted by Gasteiger charge is -2.06. The maximum absolute atomic E-state index is 9.36. The minimum absolute atomic E-state index is 0.254. The highest BCUT2D eigenvalue weighted by atomic mass is 35.5. The normalized spacial score (nSPS) is 21.1. The molecular formula is C17H16ClNO2. The molecule has 0 radical (unpaired) electrons. The molecule has 1 fully saturated rings. The van der Waals surface area contributed by atoms with Crippen LogP contribution in [0.3, 0.4) is 0 Å². The lowest BCUT2D eigenvalue weighted by Crippen LogP contribution is -2.05. The Morgan fingerprint density at radius 1 is 1.14 bits per heavy atom. The van der Waals surface area contributed by atoms with Gasteiger partial charge in [0.05, 0.1) is 12.8 Å². The standard InChI is InChI=1S/C17H16ClNO2/c1-21-14-8-4-12(5-9-14)17(19-20)16-10-15(16)11-2-6-13(18)7-3-11/h2-9,15-16,20H,10H2,1H3/b19-17+. The molecule has 3 rings (SSSR count). The number of oxime groups is 1. The number of rotatable bonds is 4. The van der Waals surface area contributed by atoms with Crippen molar-refractivity contribution in [1.82, 2.24) is 0 Å². The summed E-state index contributed by atoms with van der Waals surface area (Å²) < 4.78 is 5.15. The van der Waals surface area contributed by atoms with Gasteiger partial charge in [-0.15, -0.1) is 0 Å². The topological polar surface area (TPSA) is 41.8 Å². The molecule has 2 unspecified atom stereocenters. The summed E-state index contributed by atoms with van der Waals surface area (Å²) in [4.78, 5) is 0. The second-order valence-electron chi connectivity index (χ2n) is 5.21. The van der Waals surface area contributed by atoms with Crippen molar-refractivity contribution >= 4 is 17.3 Å². The summed E-state index contributed by atoms with van der Waals surface area (Å²) in [5.41, 5.74) is 2.90. The molecule has 1 saturated carbocycles. The molecule has 1 N–H and O–H groups in total. The van der Waals surface area contributed by atoms with E-state index in [2.05, 4.69) is 5.16 Å². The monoisotopic (exact) mass is 301 g/mol. The summed E-state index contributed by atoms with van der Waals surface area (Å²) in [7, 11) is 1.63. The number of hydrogen-bond acceptors (Lipinski definition) is 3. The van der Waals surface area contributed by atoms with E-state index in [-0.39, 0.29) is 5.92 Å². The van der Waals surface area contributed by atoms with E-state index in [9.17, 15) is 5.21 Å². The molecule has 0 spiro atoms. The molecule has 1 aliphatic rings. The Bertz CT molecular complexity index is 649. The Labute approximate surface area is 128 Å². The van der Waals surface area contributed by atoms with Gasteiger partial charge in [0, 0.05) is 10.9 Å². The molecule has 0 bridgehead atoms. The highest BCUT2D eigenvalue weighted by Gasteiger charge is 2.42. The summed E-state index contributed by atoms with van der Waals surface area (Å²) in [5, 5.41) is 13.6. The number of hydrogen-bond donors (Lipinski definition) is 1. The van der Waals surface area contributed by atoms with Gasteiger partial charge in [0.25, 0.3) is 0 Å². The van der Waals surface area contributed by atoms with Crippen LogP contribution in [-0.4, -0.2) is 18.0 Å². The van der Waals surface area contributed by atoms with E-state index >= 15 is 0 Å². The molecule has 4 heteroatoms. The predicted octanol–water partition coefficient (Wildman–Crippen LogP) is 4.33. The second kappa shape index (κ2) is 5.78. The average Bonchev–Trinajstić information content (AvgIpc) is 3.30. The van der Waals surface area contributed by atoms with Gasteiger partial charge in [0.2, 0.25) is 0 Å². The fraction of sp³-hybridized carbons (Fsp3) is 0.235. The van der Waals surface area contributed by atoms with Crippen LogP contribution in [0.2, 0.25) is 5.02 Å². The van der Waals surface area contributed by atoms with E-state index in [0.29, 0.717) is 5.92 Å². The van der Waals surface area contributed by atoms with Gasteiger partial charge in [-0.25, -0.2) is 0 Å². The van der Waals surface area contributed by atoms with E-state index in [4.69, 9.17) is 16.3 Å². The average molecular weight is 302 g/mol. The Kier molecular flexibility index (Phi) is 3.84. The fourth-order valence-corrected chi connectivity index (χ4v) is 2.81. The SMILES string of the molecule is COc1ccc(/C(=N\O)C2CC2c2ccc(Cl)cc2)cc1. The third-order valence-electron chi connectivity index (χ3n) is 3.93. The molecule has 0 aromatic heterocycles. The molecule has 108 valence electrons. The van der Waals surface area contributed by atoms with Crippen LogP contribution < -0.4 is 4.74 Å². The largest absolute Gasteiger partial charge is 0.497 e. The van der Waals surface area contributed by atoms with E-state index in [0.717, 1.165) is 28.5 Å². The first-order valence-electron chi connectivity index (χ1n) is 6.84. The van der Waals surface area contributed by atoms with Gasteiger partial charge in [-0.05, 0) is 59.9 Å². The first kappa shape index (κ1) is 14.0. The zero-order chi connectivity index (χ0) is 14.8. The molecule has 1 aliphatic carbocycles. The predicted molar refractivity (Wildman–Crippen MR) is 83.6 cm³/mol. The van der Waals surface area contributed by atoms with Crippen molar-refractivity contribution in [3.05, 3.63) is 64.7 Å². The van der Waals surface area contributed by atoms with Crippen LogP contribution in [0.4, 0.5) is 0 Å². The zero-order valence-electron chi connectivity index (χ0n) is 11.7. The molecule has 0 heterocycles. The third kappa shape index (κ3) is 2.88. The Morgan fingerprint density at radius 2 is 1.81 bits per heavy atom. The van der Waals surface area contributed by atoms with E-state index in [1.165, 1.54) is 5.56 Å².